The van der Waals surface area contributed by atoms with Crippen LogP contribution in [0.1, 0.15) is 28.9 Å². The Bertz CT molecular complexity index is 436. The molecule has 3 nitrogen and oxygen atoms in total. The van der Waals surface area contributed by atoms with Gasteiger partial charge in [-0.15, -0.1) is 0 Å². The maximum atomic E-state index is 12.5. The number of ketones is 1. The number of piperidine rings is 3. The zero-order valence-electron chi connectivity index (χ0n) is 10.2. The molecule has 0 aliphatic carbocycles. The zero-order chi connectivity index (χ0) is 11.8. The van der Waals surface area contributed by atoms with E-state index in [9.17, 15) is 4.79 Å². The summed E-state index contributed by atoms with van der Waals surface area (Å²) in [6.45, 7) is 5.24. The zero-order valence-corrected chi connectivity index (χ0v) is 10.2. The molecule has 2 bridgehead atoms. The average molecular weight is 230 g/mol. The first-order valence-corrected chi connectivity index (χ1v) is 6.44. The molecule has 90 valence electrons. The molecular weight excluding hydrogens is 212 g/mol. The molecule has 1 atom stereocenters. The van der Waals surface area contributed by atoms with E-state index in [2.05, 4.69) is 9.88 Å². The van der Waals surface area contributed by atoms with Gasteiger partial charge in [0.2, 0.25) is 0 Å². The van der Waals surface area contributed by atoms with E-state index in [1.165, 1.54) is 25.9 Å². The summed E-state index contributed by atoms with van der Waals surface area (Å²) in [5.74, 6) is 1.12. The molecule has 0 N–H and O–H groups in total. The number of carbonyl (C=O) groups excluding carboxylic acids is 1. The van der Waals surface area contributed by atoms with Gasteiger partial charge in [0.25, 0.3) is 0 Å². The molecule has 3 aliphatic rings. The Morgan fingerprint density at radius 2 is 2.18 bits per heavy atom. The van der Waals surface area contributed by atoms with Crippen LogP contribution in [0.4, 0.5) is 0 Å². The van der Waals surface area contributed by atoms with E-state index in [4.69, 9.17) is 0 Å². The number of aryl methyl sites for hydroxylation is 1. The van der Waals surface area contributed by atoms with E-state index in [1.54, 1.807) is 6.20 Å². The van der Waals surface area contributed by atoms with Gasteiger partial charge in [-0.05, 0) is 50.9 Å². The molecule has 1 aromatic heterocycles. The van der Waals surface area contributed by atoms with Crippen molar-refractivity contribution in [3.05, 3.63) is 29.6 Å². The van der Waals surface area contributed by atoms with Crippen LogP contribution in [0.25, 0.3) is 0 Å². The fourth-order valence-corrected chi connectivity index (χ4v) is 3.21. The Kier molecular flexibility index (Phi) is 2.71. The van der Waals surface area contributed by atoms with Crippen LogP contribution in [-0.2, 0) is 0 Å². The van der Waals surface area contributed by atoms with Crippen LogP contribution in [0, 0.1) is 18.8 Å². The number of hydrogen-bond donors (Lipinski definition) is 0. The molecule has 3 heteroatoms. The Morgan fingerprint density at radius 3 is 2.76 bits per heavy atom. The Balaban J connectivity index is 1.85. The number of rotatable bonds is 2. The molecule has 17 heavy (non-hydrogen) atoms. The van der Waals surface area contributed by atoms with Gasteiger partial charge < -0.3 is 4.90 Å². The van der Waals surface area contributed by atoms with Crippen LogP contribution < -0.4 is 0 Å². The predicted octanol–water partition coefficient (Wildman–Crippen LogP) is 1.91. The van der Waals surface area contributed by atoms with E-state index in [0.29, 0.717) is 11.7 Å². The summed E-state index contributed by atoms with van der Waals surface area (Å²) < 4.78 is 0. The molecule has 1 unspecified atom stereocenters. The number of nitrogens with zero attached hydrogens (tertiary/aromatic N) is 2. The summed E-state index contributed by atoms with van der Waals surface area (Å²) in [5.41, 5.74) is 1.69. The van der Waals surface area contributed by atoms with Crippen LogP contribution in [-0.4, -0.2) is 35.3 Å². The maximum absolute atomic E-state index is 12.5. The number of fused-ring (bicyclic) bond motifs is 3. The molecule has 0 amide bonds. The highest BCUT2D eigenvalue weighted by molar-refractivity contribution is 5.99. The summed E-state index contributed by atoms with van der Waals surface area (Å²) in [6, 6.07) is 3.78. The lowest BCUT2D eigenvalue weighted by atomic mass is 9.75. The van der Waals surface area contributed by atoms with Crippen molar-refractivity contribution in [2.24, 2.45) is 11.8 Å². The van der Waals surface area contributed by atoms with Crippen LogP contribution >= 0.6 is 0 Å². The van der Waals surface area contributed by atoms with Crippen molar-refractivity contribution < 1.29 is 4.79 Å². The van der Waals surface area contributed by atoms with Crippen molar-refractivity contribution in [2.75, 3.05) is 19.6 Å². The standard InChI is InChI=1S/C14H18N2O/c1-10-12(3-2-6-15-10)14(17)13-9-16-7-4-11(13)5-8-16/h2-3,6,11,13H,4-5,7-9H2,1H3. The second kappa shape index (κ2) is 4.22. The minimum Gasteiger partial charge on any atom is -0.303 e. The quantitative estimate of drug-likeness (QED) is 0.728. The van der Waals surface area contributed by atoms with Gasteiger partial charge >= 0.3 is 0 Å². The summed E-state index contributed by atoms with van der Waals surface area (Å²) in [4.78, 5) is 19.2. The first kappa shape index (κ1) is 10.9. The minimum atomic E-state index is 0.209. The first-order chi connectivity index (χ1) is 8.25. The number of aromatic nitrogens is 1. The molecule has 1 aromatic rings. The van der Waals surface area contributed by atoms with Gasteiger partial charge in [-0.1, -0.05) is 0 Å². The van der Waals surface area contributed by atoms with E-state index in [-0.39, 0.29) is 5.92 Å². The first-order valence-electron chi connectivity index (χ1n) is 6.44. The van der Waals surface area contributed by atoms with Crippen molar-refractivity contribution in [1.29, 1.82) is 0 Å². The number of hydrogen-bond acceptors (Lipinski definition) is 3. The third-order valence-corrected chi connectivity index (χ3v) is 4.27. The second-order valence-corrected chi connectivity index (χ2v) is 5.25. The fourth-order valence-electron chi connectivity index (χ4n) is 3.21. The average Bonchev–Trinajstić information content (AvgIpc) is 2.40. The number of Topliss-reactive ketones (excluding diaryl/α,β-unsaturated/α-hetero) is 1. The lowest BCUT2D eigenvalue weighted by Crippen LogP contribution is -2.50. The summed E-state index contributed by atoms with van der Waals surface area (Å²) in [5, 5.41) is 0. The molecular formula is C14H18N2O. The normalized spacial score (nSPS) is 31.5. The smallest absolute Gasteiger partial charge is 0.169 e. The van der Waals surface area contributed by atoms with Gasteiger partial charge in [0.1, 0.15) is 0 Å². The highest BCUT2D eigenvalue weighted by Crippen LogP contribution is 2.34. The van der Waals surface area contributed by atoms with E-state index < -0.39 is 0 Å². The number of carbonyl (C=O) groups is 1. The second-order valence-electron chi connectivity index (χ2n) is 5.25. The van der Waals surface area contributed by atoms with Crippen LogP contribution in [0.5, 0.6) is 0 Å². The highest BCUT2D eigenvalue weighted by atomic mass is 16.1. The molecule has 0 saturated carbocycles. The monoisotopic (exact) mass is 230 g/mol. The Labute approximate surface area is 102 Å². The lowest BCUT2D eigenvalue weighted by molar-refractivity contribution is 0.0418. The van der Waals surface area contributed by atoms with Crippen molar-refractivity contribution in [3.8, 4) is 0 Å². The molecule has 3 fully saturated rings. The van der Waals surface area contributed by atoms with Crippen LogP contribution in [0.2, 0.25) is 0 Å². The summed E-state index contributed by atoms with van der Waals surface area (Å²) in [7, 11) is 0. The fraction of sp³-hybridized carbons (Fsp3) is 0.571. The van der Waals surface area contributed by atoms with Crippen LogP contribution in [0.15, 0.2) is 18.3 Å². The molecule has 3 saturated heterocycles. The molecule has 4 rings (SSSR count). The maximum Gasteiger partial charge on any atom is 0.169 e. The van der Waals surface area contributed by atoms with Crippen molar-refractivity contribution >= 4 is 5.78 Å². The molecule has 4 heterocycles. The Hall–Kier alpha value is -1.22. The minimum absolute atomic E-state index is 0.209. The third kappa shape index (κ3) is 1.89. The molecule has 0 aromatic carbocycles. The van der Waals surface area contributed by atoms with Crippen molar-refractivity contribution in [1.82, 2.24) is 9.88 Å². The van der Waals surface area contributed by atoms with Gasteiger partial charge in [0.05, 0.1) is 0 Å². The van der Waals surface area contributed by atoms with E-state index in [0.717, 1.165) is 17.8 Å². The predicted molar refractivity (Wildman–Crippen MR) is 66.0 cm³/mol. The molecule has 0 radical (unpaired) electrons. The Morgan fingerprint density at radius 1 is 1.41 bits per heavy atom. The van der Waals surface area contributed by atoms with Gasteiger partial charge in [-0.25, -0.2) is 0 Å². The molecule has 3 aliphatic heterocycles. The van der Waals surface area contributed by atoms with Gasteiger partial charge in [-0.3, -0.25) is 9.78 Å². The van der Waals surface area contributed by atoms with Gasteiger partial charge in [-0.2, -0.15) is 0 Å². The highest BCUT2D eigenvalue weighted by Gasteiger charge is 2.38. The third-order valence-electron chi connectivity index (χ3n) is 4.27. The summed E-state index contributed by atoms with van der Waals surface area (Å²) in [6.07, 6.45) is 4.13. The lowest BCUT2D eigenvalue weighted by Gasteiger charge is -2.44. The largest absolute Gasteiger partial charge is 0.303 e. The van der Waals surface area contributed by atoms with Gasteiger partial charge in [0, 0.05) is 29.9 Å². The van der Waals surface area contributed by atoms with E-state index >= 15 is 0 Å². The van der Waals surface area contributed by atoms with Crippen molar-refractivity contribution in [2.45, 2.75) is 19.8 Å². The molecule has 0 spiro atoms. The number of pyridine rings is 1. The van der Waals surface area contributed by atoms with Crippen LogP contribution in [0.3, 0.4) is 0 Å². The van der Waals surface area contributed by atoms with Crippen molar-refractivity contribution in [3.63, 3.8) is 0 Å². The SMILES string of the molecule is Cc1ncccc1C(=O)C1CN2CCC1CC2. The van der Waals surface area contributed by atoms with E-state index in [1.807, 2.05) is 19.1 Å². The summed E-state index contributed by atoms with van der Waals surface area (Å²) >= 11 is 0. The topological polar surface area (TPSA) is 33.2 Å². The van der Waals surface area contributed by atoms with Gasteiger partial charge in [0.15, 0.2) is 5.78 Å².